The number of aromatic amines is 1. The van der Waals surface area contributed by atoms with Crippen molar-refractivity contribution >= 4 is 25.6 Å². The van der Waals surface area contributed by atoms with Gasteiger partial charge in [0.2, 0.25) is 6.29 Å². The molecular formula is C27H32N3O13P. The van der Waals surface area contributed by atoms with Crippen LogP contribution < -0.4 is 11.2 Å². The van der Waals surface area contributed by atoms with Crippen molar-refractivity contribution in [2.45, 2.75) is 64.4 Å². The third-order valence-corrected chi connectivity index (χ3v) is 8.90. The number of hydrogen-bond donors (Lipinski definition) is 1. The third kappa shape index (κ3) is 6.61. The van der Waals surface area contributed by atoms with Crippen LogP contribution in [0.25, 0.3) is 0 Å². The van der Waals surface area contributed by atoms with E-state index in [0.717, 1.165) is 11.7 Å². The number of phosphoric acid groups is 1. The summed E-state index contributed by atoms with van der Waals surface area (Å²) in [5, 5.41) is 0.613. The van der Waals surface area contributed by atoms with E-state index in [1.165, 1.54) is 32.2 Å². The minimum absolute atomic E-state index is 0.0561. The van der Waals surface area contributed by atoms with E-state index in [2.05, 4.69) is 4.98 Å². The third-order valence-electron chi connectivity index (χ3n) is 7.52. The minimum atomic E-state index is -4.19. The molecule has 0 bridgehead atoms. The van der Waals surface area contributed by atoms with Gasteiger partial charge in [0.05, 0.1) is 30.4 Å². The number of aromatic nitrogens is 2. The first-order valence-corrected chi connectivity index (χ1v) is 15.2. The molecule has 3 aliphatic heterocycles. The van der Waals surface area contributed by atoms with Crippen molar-refractivity contribution in [2.75, 3.05) is 20.3 Å². The van der Waals surface area contributed by atoms with Crippen molar-refractivity contribution in [1.29, 1.82) is 0 Å². The molecule has 238 valence electrons. The zero-order chi connectivity index (χ0) is 31.8. The van der Waals surface area contributed by atoms with E-state index in [9.17, 15) is 28.5 Å². The SMILES string of the molecule is COP(=O)(OC[C@@H]1CC(OC(C)=O)OC1C)OC[C@H]1O[C@@H](n2cc(C)c(=O)[nH]c2=O)C[C@H]1ON1C(=O)c2ccccc2C1=O. The van der Waals surface area contributed by atoms with Gasteiger partial charge in [-0.1, -0.05) is 12.1 Å². The molecule has 7 atom stereocenters. The van der Waals surface area contributed by atoms with Gasteiger partial charge >= 0.3 is 19.5 Å². The summed E-state index contributed by atoms with van der Waals surface area (Å²) < 4.78 is 47.3. The summed E-state index contributed by atoms with van der Waals surface area (Å²) in [7, 11) is -3.06. The first kappa shape index (κ1) is 31.9. The minimum Gasteiger partial charge on any atom is -0.436 e. The molecule has 1 N–H and O–H groups in total. The van der Waals surface area contributed by atoms with Gasteiger partial charge in [-0.2, -0.15) is 0 Å². The van der Waals surface area contributed by atoms with Gasteiger partial charge in [0.1, 0.15) is 18.4 Å². The summed E-state index contributed by atoms with van der Waals surface area (Å²) in [5.41, 5.74) is -0.762. The van der Waals surface area contributed by atoms with Crippen LogP contribution in [0.2, 0.25) is 0 Å². The van der Waals surface area contributed by atoms with Gasteiger partial charge < -0.3 is 14.2 Å². The predicted octanol–water partition coefficient (Wildman–Crippen LogP) is 1.83. The molecule has 3 aliphatic rings. The molecule has 2 aromatic rings. The largest absolute Gasteiger partial charge is 0.474 e. The average Bonchev–Trinajstić information content (AvgIpc) is 3.62. The van der Waals surface area contributed by atoms with E-state index >= 15 is 0 Å². The fourth-order valence-corrected chi connectivity index (χ4v) is 6.12. The lowest BCUT2D eigenvalue weighted by atomic mass is 10.0. The molecule has 0 spiro atoms. The molecule has 2 amide bonds. The second-order valence-corrected chi connectivity index (χ2v) is 12.3. The number of benzene rings is 1. The van der Waals surface area contributed by atoms with Gasteiger partial charge in [-0.05, 0) is 26.0 Å². The number of rotatable bonds is 11. The fourth-order valence-electron chi connectivity index (χ4n) is 5.13. The highest BCUT2D eigenvalue weighted by Crippen LogP contribution is 2.50. The van der Waals surface area contributed by atoms with Gasteiger partial charge in [0.25, 0.3) is 17.4 Å². The number of hydroxylamine groups is 2. The molecule has 4 heterocycles. The maximum absolute atomic E-state index is 13.4. The van der Waals surface area contributed by atoms with Gasteiger partial charge in [0.15, 0.2) is 0 Å². The van der Waals surface area contributed by atoms with Crippen LogP contribution in [0.4, 0.5) is 0 Å². The van der Waals surface area contributed by atoms with Gasteiger partial charge in [-0.15, -0.1) is 5.06 Å². The Balaban J connectivity index is 1.30. The maximum atomic E-state index is 13.4. The average molecular weight is 638 g/mol. The Bertz CT molecular complexity index is 1570. The number of hydrogen-bond acceptors (Lipinski definition) is 13. The number of ether oxygens (including phenoxy) is 3. The number of carbonyl (C=O) groups excluding carboxylic acids is 3. The highest BCUT2D eigenvalue weighted by molar-refractivity contribution is 7.48. The number of fused-ring (bicyclic) bond motifs is 1. The van der Waals surface area contributed by atoms with Crippen LogP contribution in [0.5, 0.6) is 0 Å². The summed E-state index contributed by atoms with van der Waals surface area (Å²) in [6.07, 6.45) is -2.73. The lowest BCUT2D eigenvalue weighted by Crippen LogP contribution is -2.39. The highest BCUT2D eigenvalue weighted by atomic mass is 31.2. The Labute approximate surface area is 250 Å². The van der Waals surface area contributed by atoms with Gasteiger partial charge in [0, 0.05) is 44.6 Å². The Morgan fingerprint density at radius 2 is 1.70 bits per heavy atom. The van der Waals surface area contributed by atoms with Crippen LogP contribution in [0, 0.1) is 12.8 Å². The molecule has 16 nitrogen and oxygen atoms in total. The molecule has 1 aromatic carbocycles. The summed E-state index contributed by atoms with van der Waals surface area (Å²) in [6, 6.07) is 6.21. The van der Waals surface area contributed by atoms with Crippen LogP contribution in [0.3, 0.4) is 0 Å². The summed E-state index contributed by atoms with van der Waals surface area (Å²) in [4.78, 5) is 69.7. The fraction of sp³-hybridized carbons (Fsp3) is 0.519. The summed E-state index contributed by atoms with van der Waals surface area (Å²) >= 11 is 0. The molecule has 1 aromatic heterocycles. The van der Waals surface area contributed by atoms with Gasteiger partial charge in [-0.25, -0.2) is 9.36 Å². The van der Waals surface area contributed by atoms with Crippen molar-refractivity contribution in [3.05, 3.63) is 68.0 Å². The number of imide groups is 1. The van der Waals surface area contributed by atoms with Crippen LogP contribution in [-0.4, -0.2) is 77.3 Å². The molecule has 5 rings (SSSR count). The molecule has 2 saturated heterocycles. The molecule has 3 unspecified atom stereocenters. The highest BCUT2D eigenvalue weighted by Gasteiger charge is 2.46. The molecular weight excluding hydrogens is 605 g/mol. The maximum Gasteiger partial charge on any atom is 0.474 e. The number of carbonyl (C=O) groups is 3. The molecule has 44 heavy (non-hydrogen) atoms. The second kappa shape index (κ2) is 12.9. The smallest absolute Gasteiger partial charge is 0.436 e. The topological polar surface area (TPSA) is 191 Å². The molecule has 0 radical (unpaired) electrons. The number of amides is 2. The van der Waals surface area contributed by atoms with E-state index in [1.54, 1.807) is 19.1 Å². The standard InChI is InChI=1S/C27H32N3O13P/c1-14-11-29(27(35)28-24(14)32)22-10-20(43-30-25(33)18-7-5-6-8-19(18)26(30)34)21(42-22)13-39-44(36,37-4)38-12-17-9-23(40-15(17)2)41-16(3)31/h5-8,11,15,17,20-23H,9-10,12-13H2,1-4H3,(H,28,32,35)/t15?,17-,20+,21+,22+,23?,44?/m0/s1. The second-order valence-electron chi connectivity index (χ2n) is 10.5. The van der Waals surface area contributed by atoms with E-state index < -0.39 is 68.2 Å². The number of aryl methyl sites for hydroxylation is 1. The monoisotopic (exact) mass is 637 g/mol. The van der Waals surface area contributed by atoms with E-state index in [1.807, 2.05) is 0 Å². The Morgan fingerprint density at radius 3 is 2.34 bits per heavy atom. The van der Waals surface area contributed by atoms with Crippen molar-refractivity contribution in [1.82, 2.24) is 14.6 Å². The number of nitrogens with one attached hydrogen (secondary N) is 1. The number of phosphoric ester groups is 1. The van der Waals surface area contributed by atoms with E-state index in [-0.39, 0.29) is 41.7 Å². The van der Waals surface area contributed by atoms with Crippen molar-refractivity contribution in [3.8, 4) is 0 Å². The summed E-state index contributed by atoms with van der Waals surface area (Å²) in [6.45, 7) is 3.96. The quantitative estimate of drug-likeness (QED) is 0.213. The number of esters is 1. The zero-order valence-electron chi connectivity index (χ0n) is 24.3. The number of nitrogens with zero attached hydrogens (tertiary/aromatic N) is 2. The van der Waals surface area contributed by atoms with Crippen LogP contribution in [0.1, 0.15) is 59.2 Å². The first-order chi connectivity index (χ1) is 20.9. The van der Waals surface area contributed by atoms with Crippen molar-refractivity contribution in [2.24, 2.45) is 5.92 Å². The van der Waals surface area contributed by atoms with Crippen LogP contribution in [0.15, 0.2) is 40.1 Å². The lowest BCUT2D eigenvalue weighted by molar-refractivity contribution is -0.171. The molecule has 0 saturated carbocycles. The first-order valence-electron chi connectivity index (χ1n) is 13.8. The predicted molar refractivity (Wildman–Crippen MR) is 147 cm³/mol. The normalized spacial score (nSPS) is 27.9. The van der Waals surface area contributed by atoms with E-state index in [4.69, 9.17) is 32.6 Å². The lowest BCUT2D eigenvalue weighted by Gasteiger charge is -2.24. The zero-order valence-corrected chi connectivity index (χ0v) is 25.2. The Hall–Kier alpha value is -3.50. The number of H-pyrrole nitrogens is 1. The van der Waals surface area contributed by atoms with Gasteiger partial charge in [-0.3, -0.25) is 47.1 Å². The van der Waals surface area contributed by atoms with Crippen molar-refractivity contribution in [3.63, 3.8) is 0 Å². The van der Waals surface area contributed by atoms with Crippen LogP contribution >= 0.6 is 7.82 Å². The Morgan fingerprint density at radius 1 is 1.05 bits per heavy atom. The Kier molecular flexibility index (Phi) is 9.32. The van der Waals surface area contributed by atoms with Crippen LogP contribution in [-0.2, 0) is 42.0 Å². The molecule has 0 aliphatic carbocycles. The molecule has 17 heteroatoms. The van der Waals surface area contributed by atoms with E-state index in [0.29, 0.717) is 11.5 Å². The van der Waals surface area contributed by atoms with Crippen molar-refractivity contribution < 1.29 is 51.6 Å². The molecule has 2 fully saturated rings. The summed E-state index contributed by atoms with van der Waals surface area (Å²) in [5.74, 6) is -2.16.